The van der Waals surface area contributed by atoms with Crippen molar-refractivity contribution in [2.24, 2.45) is 0 Å². The Bertz CT molecular complexity index is 1290. The first-order valence-corrected chi connectivity index (χ1v) is 12.8. The number of benzene rings is 2. The van der Waals surface area contributed by atoms with E-state index in [1.165, 1.54) is 30.0 Å². The molecule has 1 saturated heterocycles. The summed E-state index contributed by atoms with van der Waals surface area (Å²) in [6.07, 6.45) is 1.69. The van der Waals surface area contributed by atoms with E-state index in [1.807, 2.05) is 47.6 Å². The summed E-state index contributed by atoms with van der Waals surface area (Å²) in [4.78, 5) is 38.1. The molecule has 10 nitrogen and oxygen atoms in total. The molecule has 2 amide bonds. The number of nitrogens with zero attached hydrogens (tertiary/aromatic N) is 5. The minimum absolute atomic E-state index is 0.0183. The van der Waals surface area contributed by atoms with Crippen LogP contribution < -0.4 is 5.32 Å². The number of anilines is 1. The van der Waals surface area contributed by atoms with Crippen LogP contribution >= 0.6 is 11.8 Å². The van der Waals surface area contributed by atoms with Gasteiger partial charge in [0.25, 0.3) is 11.6 Å². The lowest BCUT2D eigenvalue weighted by Gasteiger charge is -2.24. The van der Waals surface area contributed by atoms with Crippen LogP contribution in [-0.4, -0.2) is 48.7 Å². The number of nitrogens with one attached hydrogen (secondary N) is 1. The van der Waals surface area contributed by atoms with Gasteiger partial charge in [-0.1, -0.05) is 29.5 Å². The number of carbonyl (C=O) groups excluding carboxylic acids is 2. The molecular formula is C25H28N6O4S. The quantitative estimate of drug-likeness (QED) is 0.269. The van der Waals surface area contributed by atoms with Crippen molar-refractivity contribution in [3.8, 4) is 0 Å². The van der Waals surface area contributed by atoms with Crippen molar-refractivity contribution in [1.29, 1.82) is 0 Å². The van der Waals surface area contributed by atoms with Crippen molar-refractivity contribution in [1.82, 2.24) is 19.7 Å². The van der Waals surface area contributed by atoms with Gasteiger partial charge in [-0.15, -0.1) is 10.2 Å². The molecule has 0 aliphatic carbocycles. The van der Waals surface area contributed by atoms with Gasteiger partial charge in [0.1, 0.15) is 0 Å². The minimum Gasteiger partial charge on any atom is -0.328 e. The predicted octanol–water partition coefficient (Wildman–Crippen LogP) is 4.53. The number of aromatic nitrogens is 3. The topological polar surface area (TPSA) is 123 Å². The van der Waals surface area contributed by atoms with E-state index in [9.17, 15) is 19.7 Å². The highest BCUT2D eigenvalue weighted by Crippen LogP contribution is 2.34. The predicted molar refractivity (Wildman–Crippen MR) is 137 cm³/mol. The zero-order valence-corrected chi connectivity index (χ0v) is 21.2. The fourth-order valence-electron chi connectivity index (χ4n) is 4.31. The van der Waals surface area contributed by atoms with Gasteiger partial charge >= 0.3 is 0 Å². The van der Waals surface area contributed by atoms with Crippen molar-refractivity contribution in [2.45, 2.75) is 51.4 Å². The fourth-order valence-corrected chi connectivity index (χ4v) is 5.12. The average molecular weight is 509 g/mol. The number of hydrogen-bond acceptors (Lipinski definition) is 7. The first kappa shape index (κ1) is 25.4. The molecule has 0 bridgehead atoms. The summed E-state index contributed by atoms with van der Waals surface area (Å²) in [5.41, 5.74) is 2.87. The third-order valence-electron chi connectivity index (χ3n) is 6.20. The number of thioether (sulfide) groups is 1. The van der Waals surface area contributed by atoms with Crippen LogP contribution in [0.5, 0.6) is 0 Å². The first-order valence-electron chi connectivity index (χ1n) is 11.8. The van der Waals surface area contributed by atoms with E-state index in [0.717, 1.165) is 24.2 Å². The van der Waals surface area contributed by atoms with Crippen molar-refractivity contribution in [3.63, 3.8) is 0 Å². The van der Waals surface area contributed by atoms with E-state index in [2.05, 4.69) is 15.5 Å². The second-order valence-corrected chi connectivity index (χ2v) is 9.64. The summed E-state index contributed by atoms with van der Waals surface area (Å²) in [6, 6.07) is 11.7. The third kappa shape index (κ3) is 5.40. The van der Waals surface area contributed by atoms with Crippen LogP contribution in [0.15, 0.2) is 47.6 Å². The normalized spacial score (nSPS) is 15.2. The van der Waals surface area contributed by atoms with E-state index >= 15 is 0 Å². The molecule has 36 heavy (non-hydrogen) atoms. The van der Waals surface area contributed by atoms with Gasteiger partial charge in [0.2, 0.25) is 5.91 Å². The minimum atomic E-state index is -0.469. The number of hydrogen-bond donors (Lipinski definition) is 1. The fraction of sp³-hybridized carbons (Fsp3) is 0.360. The van der Waals surface area contributed by atoms with Crippen LogP contribution in [0.1, 0.15) is 53.1 Å². The smallest absolute Gasteiger partial charge is 0.269 e. The Morgan fingerprint density at radius 2 is 1.92 bits per heavy atom. The Kier molecular flexibility index (Phi) is 7.68. The largest absolute Gasteiger partial charge is 0.328 e. The lowest BCUT2D eigenvalue weighted by atomic mass is 10.1. The van der Waals surface area contributed by atoms with Crippen LogP contribution in [0.4, 0.5) is 11.4 Å². The molecule has 1 atom stereocenters. The molecule has 2 aromatic carbocycles. The number of amides is 2. The Morgan fingerprint density at radius 3 is 2.58 bits per heavy atom. The van der Waals surface area contributed by atoms with Crippen LogP contribution in [0.2, 0.25) is 0 Å². The molecule has 1 N–H and O–H groups in total. The molecule has 188 valence electrons. The van der Waals surface area contributed by atoms with E-state index < -0.39 is 4.92 Å². The standard InChI is InChI=1S/C25H28N6O4S/c1-4-29-23(21-6-5-13-30(21)24(33)18-9-7-16(2)8-10-18)27-28-25(29)36-15-22(32)26-20-12-11-19(31(34)35)14-17(20)3/h7-12,14,21H,4-6,13,15H2,1-3H3,(H,26,32). The van der Waals surface area contributed by atoms with Crippen molar-refractivity contribution in [2.75, 3.05) is 17.6 Å². The maximum absolute atomic E-state index is 13.2. The van der Waals surface area contributed by atoms with Gasteiger partial charge < -0.3 is 14.8 Å². The van der Waals surface area contributed by atoms with Gasteiger partial charge in [0.15, 0.2) is 11.0 Å². The molecule has 1 aliphatic heterocycles. The second-order valence-electron chi connectivity index (χ2n) is 8.70. The Hall–Kier alpha value is -3.73. The van der Waals surface area contributed by atoms with E-state index in [-0.39, 0.29) is 29.3 Å². The number of rotatable bonds is 8. The van der Waals surface area contributed by atoms with Crippen LogP contribution in [0.25, 0.3) is 0 Å². The number of nitro benzene ring substituents is 1. The van der Waals surface area contributed by atoms with Crippen molar-refractivity contribution < 1.29 is 14.5 Å². The number of aryl methyl sites for hydroxylation is 2. The summed E-state index contributed by atoms with van der Waals surface area (Å²) < 4.78 is 1.96. The molecule has 1 fully saturated rings. The maximum Gasteiger partial charge on any atom is 0.269 e. The zero-order chi connectivity index (χ0) is 25.8. The second kappa shape index (κ2) is 10.9. The number of likely N-dealkylation sites (tertiary alicyclic amines) is 1. The highest BCUT2D eigenvalue weighted by atomic mass is 32.2. The van der Waals surface area contributed by atoms with Gasteiger partial charge in [-0.3, -0.25) is 19.7 Å². The number of carbonyl (C=O) groups is 2. The molecule has 0 saturated carbocycles. The molecule has 1 aliphatic rings. The Morgan fingerprint density at radius 1 is 1.17 bits per heavy atom. The van der Waals surface area contributed by atoms with Gasteiger partial charge in [-0.05, 0) is 57.4 Å². The van der Waals surface area contributed by atoms with Gasteiger partial charge in [-0.2, -0.15) is 0 Å². The average Bonchev–Trinajstić information content (AvgIpc) is 3.50. The molecule has 4 rings (SSSR count). The van der Waals surface area contributed by atoms with E-state index in [4.69, 9.17) is 0 Å². The Labute approximate surface area is 213 Å². The molecule has 3 aromatic rings. The van der Waals surface area contributed by atoms with Gasteiger partial charge in [0.05, 0.1) is 16.7 Å². The van der Waals surface area contributed by atoms with Crippen LogP contribution in [0, 0.1) is 24.0 Å². The SMILES string of the molecule is CCn1c(SCC(=O)Nc2ccc([N+](=O)[O-])cc2C)nnc1C1CCCN1C(=O)c1ccc(C)cc1. The molecule has 2 heterocycles. The summed E-state index contributed by atoms with van der Waals surface area (Å²) in [5.74, 6) is 0.562. The van der Waals surface area contributed by atoms with Gasteiger partial charge in [0, 0.05) is 36.5 Å². The molecular weight excluding hydrogens is 480 g/mol. The van der Waals surface area contributed by atoms with Crippen LogP contribution in [-0.2, 0) is 11.3 Å². The molecule has 1 aromatic heterocycles. The monoisotopic (exact) mass is 508 g/mol. The highest BCUT2D eigenvalue weighted by molar-refractivity contribution is 7.99. The third-order valence-corrected chi connectivity index (χ3v) is 7.17. The Balaban J connectivity index is 1.44. The molecule has 1 unspecified atom stereocenters. The molecule has 11 heteroatoms. The summed E-state index contributed by atoms with van der Waals surface area (Å²) >= 11 is 1.27. The molecule has 0 radical (unpaired) electrons. The van der Waals surface area contributed by atoms with Crippen molar-refractivity contribution >= 4 is 35.0 Å². The van der Waals surface area contributed by atoms with Gasteiger partial charge in [-0.25, -0.2) is 0 Å². The lowest BCUT2D eigenvalue weighted by molar-refractivity contribution is -0.384. The molecule has 0 spiro atoms. The first-order chi connectivity index (χ1) is 17.3. The summed E-state index contributed by atoms with van der Waals surface area (Å²) in [6.45, 7) is 6.95. The van der Waals surface area contributed by atoms with Crippen molar-refractivity contribution in [3.05, 3.63) is 75.1 Å². The summed E-state index contributed by atoms with van der Waals surface area (Å²) in [5, 5.41) is 23.1. The zero-order valence-electron chi connectivity index (χ0n) is 20.4. The van der Waals surface area contributed by atoms with E-state index in [0.29, 0.717) is 35.1 Å². The lowest BCUT2D eigenvalue weighted by Crippen LogP contribution is -2.32. The number of non-ortho nitro benzene ring substituents is 1. The highest BCUT2D eigenvalue weighted by Gasteiger charge is 2.34. The maximum atomic E-state index is 13.2. The summed E-state index contributed by atoms with van der Waals surface area (Å²) in [7, 11) is 0. The van der Waals surface area contributed by atoms with E-state index in [1.54, 1.807) is 6.92 Å². The number of nitro groups is 1. The van der Waals surface area contributed by atoms with Crippen LogP contribution in [0.3, 0.4) is 0 Å².